The van der Waals surface area contributed by atoms with Gasteiger partial charge in [-0.15, -0.1) is 11.3 Å². The minimum absolute atomic E-state index is 0. The molecule has 168 valence electrons. The molecule has 0 saturated heterocycles. The van der Waals surface area contributed by atoms with Crippen molar-refractivity contribution in [3.8, 4) is 16.9 Å². The van der Waals surface area contributed by atoms with E-state index < -0.39 is 35.8 Å². The average molecular weight is 500 g/mol. The van der Waals surface area contributed by atoms with Crippen LogP contribution < -0.4 is 85.5 Å². The predicted octanol–water partition coefficient (Wildman–Crippen LogP) is -3.88. The fourth-order valence-corrected chi connectivity index (χ4v) is 4.57. The van der Waals surface area contributed by atoms with Crippen molar-refractivity contribution < 1.29 is 78.9 Å². The van der Waals surface area contributed by atoms with Crippen molar-refractivity contribution in [1.29, 1.82) is 0 Å². The zero-order chi connectivity index (χ0) is 23.6. The summed E-state index contributed by atoms with van der Waals surface area (Å²) < 4.78 is 1.20. The third-order valence-electron chi connectivity index (χ3n) is 5.15. The van der Waals surface area contributed by atoms with Gasteiger partial charge in [0.05, 0.1) is 6.04 Å². The van der Waals surface area contributed by atoms with Gasteiger partial charge in [-0.05, 0) is 60.0 Å². The van der Waals surface area contributed by atoms with Crippen LogP contribution in [0.1, 0.15) is 34.0 Å². The van der Waals surface area contributed by atoms with Crippen LogP contribution in [0.5, 0.6) is 5.75 Å². The van der Waals surface area contributed by atoms with Crippen LogP contribution in [0.25, 0.3) is 11.1 Å². The smallest absolute Gasteiger partial charge is 0.871 e. The quantitative estimate of drug-likeness (QED) is 0.336. The maximum absolute atomic E-state index is 12.6. The molecule has 3 aromatic rings. The number of carboxylic acid groups (broad SMARTS) is 1. The first-order valence-corrected chi connectivity index (χ1v) is 10.8. The largest absolute Gasteiger partial charge is 1.00 e. The van der Waals surface area contributed by atoms with Crippen LogP contribution in [0.15, 0.2) is 40.6 Å². The van der Waals surface area contributed by atoms with Gasteiger partial charge >= 0.3 is 65.1 Å². The number of urea groups is 1. The van der Waals surface area contributed by atoms with E-state index in [9.17, 15) is 24.6 Å². The van der Waals surface area contributed by atoms with Gasteiger partial charge in [0.25, 0.3) is 5.56 Å². The predicted molar refractivity (Wildman–Crippen MR) is 120 cm³/mol. The van der Waals surface area contributed by atoms with Crippen LogP contribution in [0.3, 0.4) is 0 Å². The van der Waals surface area contributed by atoms with Crippen LogP contribution in [-0.4, -0.2) is 16.6 Å². The summed E-state index contributed by atoms with van der Waals surface area (Å²) >= 11 is 1.31. The van der Waals surface area contributed by atoms with Gasteiger partial charge in [-0.25, -0.2) is 4.79 Å². The van der Waals surface area contributed by atoms with Crippen LogP contribution >= 0.6 is 11.3 Å². The molecule has 2 amide bonds. The summed E-state index contributed by atoms with van der Waals surface area (Å²) in [4.78, 5) is 36.8. The molecule has 8 nitrogen and oxygen atoms in total. The van der Waals surface area contributed by atoms with Crippen molar-refractivity contribution >= 4 is 29.0 Å². The third-order valence-corrected chi connectivity index (χ3v) is 6.20. The van der Waals surface area contributed by atoms with Gasteiger partial charge in [-0.2, -0.15) is 0 Å². The molecule has 0 unspecified atom stereocenters. The molecule has 1 atom stereocenters. The fraction of sp³-hybridized carbons (Fsp3) is 0.261. The Morgan fingerprint density at radius 2 is 1.74 bits per heavy atom. The van der Waals surface area contributed by atoms with E-state index in [1.54, 1.807) is 0 Å². The van der Waals surface area contributed by atoms with Crippen molar-refractivity contribution in [1.82, 2.24) is 9.88 Å². The molecule has 0 aliphatic rings. The number of amides is 2. The van der Waals surface area contributed by atoms with Crippen molar-refractivity contribution in [2.24, 2.45) is 7.05 Å². The molecule has 11 heteroatoms. The fourth-order valence-electron chi connectivity index (χ4n) is 3.62. The molecule has 0 saturated carbocycles. The number of nitrogens with one attached hydrogen (secondary N) is 2. The van der Waals surface area contributed by atoms with Crippen molar-refractivity contribution in [2.45, 2.75) is 33.2 Å². The van der Waals surface area contributed by atoms with Gasteiger partial charge in [-0.1, -0.05) is 23.9 Å². The minimum Gasteiger partial charge on any atom is -0.871 e. The zero-order valence-corrected chi connectivity index (χ0v) is 25.0. The molecular formula is C23H23N3Na2O5S. The molecule has 34 heavy (non-hydrogen) atoms. The van der Waals surface area contributed by atoms with E-state index in [-0.39, 0.29) is 64.8 Å². The summed E-state index contributed by atoms with van der Waals surface area (Å²) in [6, 6.07) is 6.04. The molecule has 0 aliphatic carbocycles. The standard InChI is InChI=1S/C23H25N3O5S.2Na/c1-12-6-5-7-13(2)19(12)15-8-17(32-11-15)16(9-18(27)28)24-23(31)25-20-21(29)14(3)10-26(4)22(20)30;;/h5-8,10-11,16,29H,9H2,1-4H3,(H,27,28)(H2,24,25,31);;/q;2*+1/p-2/t16-;;/m0../s1. The number of aryl methyl sites for hydroxylation is 4. The van der Waals surface area contributed by atoms with E-state index in [4.69, 9.17) is 0 Å². The van der Waals surface area contributed by atoms with E-state index in [2.05, 4.69) is 10.6 Å². The van der Waals surface area contributed by atoms with E-state index >= 15 is 0 Å². The Labute approximate surface area is 246 Å². The summed E-state index contributed by atoms with van der Waals surface area (Å²) in [6.45, 7) is 5.52. The number of anilines is 1. The Bertz CT molecular complexity index is 1240. The number of carboxylic acids is 1. The first-order valence-electron chi connectivity index (χ1n) is 9.88. The Kier molecular flexibility index (Phi) is 11.6. The molecule has 2 N–H and O–H groups in total. The second-order valence-corrected chi connectivity index (χ2v) is 8.61. The number of pyridine rings is 1. The maximum Gasteiger partial charge on any atom is 1.00 e. The summed E-state index contributed by atoms with van der Waals surface area (Å²) in [6.07, 6.45) is 0.920. The SMILES string of the molecule is Cc1cn(C)c(=O)c(NC(=O)N[C@@H](CC(=O)[O-])c2cc(-c3c(C)cccc3C)cs2)c1[O-].[Na+].[Na+]. The number of rotatable bonds is 6. The maximum atomic E-state index is 12.6. The zero-order valence-electron chi connectivity index (χ0n) is 20.1. The molecule has 0 bridgehead atoms. The van der Waals surface area contributed by atoms with E-state index in [0.29, 0.717) is 10.4 Å². The molecule has 1 aromatic carbocycles. The number of benzene rings is 1. The molecule has 2 aromatic heterocycles. The van der Waals surface area contributed by atoms with Crippen molar-refractivity contribution in [2.75, 3.05) is 5.32 Å². The normalized spacial score (nSPS) is 11.1. The number of aliphatic carboxylic acids is 1. The minimum atomic E-state index is -1.34. The molecule has 0 radical (unpaired) electrons. The van der Waals surface area contributed by atoms with Gasteiger partial charge in [-0.3, -0.25) is 4.79 Å². The molecule has 0 spiro atoms. The van der Waals surface area contributed by atoms with Gasteiger partial charge in [0.1, 0.15) is 5.69 Å². The third kappa shape index (κ3) is 6.97. The number of aromatic nitrogens is 1. The number of hydrogen-bond donors (Lipinski definition) is 2. The average Bonchev–Trinajstić information content (AvgIpc) is 3.18. The Morgan fingerprint density at radius 1 is 1.12 bits per heavy atom. The molecule has 2 heterocycles. The second kappa shape index (κ2) is 12.9. The molecular weight excluding hydrogens is 476 g/mol. The van der Waals surface area contributed by atoms with E-state index in [1.165, 1.54) is 36.1 Å². The van der Waals surface area contributed by atoms with Gasteiger partial charge in [0.15, 0.2) is 0 Å². The second-order valence-electron chi connectivity index (χ2n) is 7.66. The molecule has 0 fully saturated rings. The van der Waals surface area contributed by atoms with Crippen LogP contribution in [-0.2, 0) is 11.8 Å². The van der Waals surface area contributed by atoms with Gasteiger partial charge in [0, 0.05) is 30.5 Å². The van der Waals surface area contributed by atoms with Crippen LogP contribution in [0.4, 0.5) is 10.5 Å². The summed E-state index contributed by atoms with van der Waals surface area (Å²) in [7, 11) is 1.47. The topological polar surface area (TPSA) is 126 Å². The molecule has 3 rings (SSSR count). The summed E-state index contributed by atoms with van der Waals surface area (Å²) in [5.74, 6) is -1.93. The Morgan fingerprint density at radius 3 is 2.32 bits per heavy atom. The summed E-state index contributed by atoms with van der Waals surface area (Å²) in [5.41, 5.74) is 3.38. The number of nitrogens with zero attached hydrogens (tertiary/aromatic N) is 1. The number of carbonyl (C=O) groups excluding carboxylic acids is 2. The first-order chi connectivity index (χ1) is 15.1. The monoisotopic (exact) mass is 499 g/mol. The molecule has 0 aliphatic heterocycles. The van der Waals surface area contributed by atoms with Gasteiger partial charge in [0.2, 0.25) is 0 Å². The Balaban J connectivity index is 0.00000289. The number of thiophene rings is 1. The number of hydrogen-bond acceptors (Lipinski definition) is 6. The number of carbonyl (C=O) groups is 2. The Hall–Kier alpha value is -1.59. The van der Waals surface area contributed by atoms with Crippen LogP contribution in [0.2, 0.25) is 0 Å². The van der Waals surface area contributed by atoms with Crippen molar-refractivity contribution in [3.05, 3.63) is 67.8 Å². The van der Waals surface area contributed by atoms with Crippen molar-refractivity contribution in [3.63, 3.8) is 0 Å². The van der Waals surface area contributed by atoms with E-state index in [1.807, 2.05) is 43.5 Å². The first kappa shape index (κ1) is 30.4. The van der Waals surface area contributed by atoms with E-state index in [0.717, 1.165) is 22.3 Å². The van der Waals surface area contributed by atoms with Crippen LogP contribution in [0, 0.1) is 20.8 Å². The summed E-state index contributed by atoms with van der Waals surface area (Å²) in [5, 5.41) is 30.3. The van der Waals surface area contributed by atoms with Gasteiger partial charge < -0.3 is 30.2 Å².